The molecule has 0 unspecified atom stereocenters. The molecule has 0 heterocycles. The number of nitrogen functional groups attached to an aromatic ring is 1. The fourth-order valence-electron chi connectivity index (χ4n) is 1.54. The van der Waals surface area contributed by atoms with Crippen molar-refractivity contribution in [3.8, 4) is 11.8 Å². The third kappa shape index (κ3) is 2.73. The van der Waals surface area contributed by atoms with E-state index < -0.39 is 0 Å². The van der Waals surface area contributed by atoms with E-state index in [-0.39, 0.29) is 6.61 Å². The van der Waals surface area contributed by atoms with Crippen LogP contribution in [0.15, 0.2) is 42.5 Å². The van der Waals surface area contributed by atoms with E-state index in [1.807, 2.05) is 6.07 Å². The normalized spacial score (nSPS) is 9.78. The summed E-state index contributed by atoms with van der Waals surface area (Å²) in [6, 6.07) is 14.4. The minimum Gasteiger partial charge on any atom is -0.487 e. The minimum absolute atomic E-state index is 0.283. The van der Waals surface area contributed by atoms with Crippen LogP contribution in [0, 0.1) is 11.3 Å². The Bertz CT molecular complexity index is 605. The highest BCUT2D eigenvalue weighted by Crippen LogP contribution is 2.22. The molecule has 0 radical (unpaired) electrons. The Hall–Kier alpha value is -2.18. The quantitative estimate of drug-likeness (QED) is 0.859. The smallest absolute Gasteiger partial charge is 0.137 e. The Morgan fingerprint density at radius 3 is 2.78 bits per heavy atom. The molecule has 2 aromatic rings. The minimum atomic E-state index is 0.283. The third-order valence-electron chi connectivity index (χ3n) is 2.50. The van der Waals surface area contributed by atoms with Crippen LogP contribution >= 0.6 is 11.6 Å². The predicted octanol–water partition coefficient (Wildman–Crippen LogP) is 3.37. The van der Waals surface area contributed by atoms with E-state index in [0.717, 1.165) is 5.56 Å². The molecule has 0 aliphatic rings. The lowest BCUT2D eigenvalue weighted by Gasteiger charge is -2.09. The molecule has 0 aliphatic heterocycles. The molecule has 2 N–H and O–H groups in total. The molecule has 0 amide bonds. The van der Waals surface area contributed by atoms with Crippen LogP contribution in [-0.4, -0.2) is 0 Å². The van der Waals surface area contributed by atoms with Crippen molar-refractivity contribution in [2.45, 2.75) is 6.61 Å². The number of rotatable bonds is 3. The maximum absolute atomic E-state index is 8.94. The monoisotopic (exact) mass is 258 g/mol. The van der Waals surface area contributed by atoms with Crippen molar-refractivity contribution in [1.82, 2.24) is 0 Å². The summed E-state index contributed by atoms with van der Waals surface area (Å²) in [5.74, 6) is 0.541. The number of anilines is 1. The second-order valence-corrected chi connectivity index (χ2v) is 4.18. The molecule has 18 heavy (non-hydrogen) atoms. The number of halogens is 1. The zero-order valence-corrected chi connectivity index (χ0v) is 10.3. The van der Waals surface area contributed by atoms with Crippen LogP contribution in [0.5, 0.6) is 5.75 Å². The van der Waals surface area contributed by atoms with Crippen molar-refractivity contribution in [2.24, 2.45) is 0 Å². The average molecular weight is 259 g/mol. The molecule has 0 saturated carbocycles. The zero-order chi connectivity index (χ0) is 13.0. The average Bonchev–Trinajstić information content (AvgIpc) is 2.40. The molecule has 2 rings (SSSR count). The van der Waals surface area contributed by atoms with Gasteiger partial charge in [-0.3, -0.25) is 0 Å². The maximum atomic E-state index is 8.94. The maximum Gasteiger partial charge on any atom is 0.137 e. The second kappa shape index (κ2) is 5.44. The first-order valence-electron chi connectivity index (χ1n) is 5.36. The van der Waals surface area contributed by atoms with Crippen molar-refractivity contribution in [2.75, 3.05) is 5.73 Å². The van der Waals surface area contributed by atoms with Crippen LogP contribution in [0.4, 0.5) is 5.69 Å². The van der Waals surface area contributed by atoms with Gasteiger partial charge in [0.15, 0.2) is 0 Å². The summed E-state index contributed by atoms with van der Waals surface area (Å²) in [6.45, 7) is 0.283. The van der Waals surface area contributed by atoms with E-state index in [4.69, 9.17) is 27.3 Å². The fourth-order valence-corrected chi connectivity index (χ4v) is 1.73. The van der Waals surface area contributed by atoms with Crippen LogP contribution in [0.1, 0.15) is 11.1 Å². The van der Waals surface area contributed by atoms with Crippen molar-refractivity contribution in [3.63, 3.8) is 0 Å². The summed E-state index contributed by atoms with van der Waals surface area (Å²) in [5, 5.41) is 9.55. The summed E-state index contributed by atoms with van der Waals surface area (Å²) in [4.78, 5) is 0. The molecule has 0 atom stereocenters. The van der Waals surface area contributed by atoms with Gasteiger partial charge in [-0.15, -0.1) is 0 Å². The summed E-state index contributed by atoms with van der Waals surface area (Å²) in [5.41, 5.74) is 7.74. The van der Waals surface area contributed by atoms with Crippen LogP contribution < -0.4 is 10.5 Å². The number of nitrogens with zero attached hydrogens (tertiary/aromatic N) is 1. The molecule has 2 aromatic carbocycles. The van der Waals surface area contributed by atoms with E-state index in [2.05, 4.69) is 6.07 Å². The van der Waals surface area contributed by atoms with Gasteiger partial charge in [0, 0.05) is 16.3 Å². The first-order chi connectivity index (χ1) is 8.70. The van der Waals surface area contributed by atoms with Gasteiger partial charge in [-0.2, -0.15) is 5.26 Å². The van der Waals surface area contributed by atoms with Gasteiger partial charge >= 0.3 is 0 Å². The molecule has 3 nitrogen and oxygen atoms in total. The fraction of sp³-hybridized carbons (Fsp3) is 0.0714. The van der Waals surface area contributed by atoms with Crippen molar-refractivity contribution in [3.05, 3.63) is 58.6 Å². The van der Waals surface area contributed by atoms with Gasteiger partial charge in [0.1, 0.15) is 18.4 Å². The number of para-hydroxylation sites is 1. The van der Waals surface area contributed by atoms with Crippen molar-refractivity contribution >= 4 is 17.3 Å². The number of hydrogen-bond donors (Lipinski definition) is 1. The second-order valence-electron chi connectivity index (χ2n) is 3.74. The van der Waals surface area contributed by atoms with Gasteiger partial charge in [-0.1, -0.05) is 23.7 Å². The molecular weight excluding hydrogens is 248 g/mol. The standard InChI is InChI=1S/C14H11ClN2O/c15-12-5-6-13(17)11(7-12)9-18-14-4-2-1-3-10(14)8-16/h1-7H,9,17H2. The van der Waals surface area contributed by atoms with Crippen molar-refractivity contribution in [1.29, 1.82) is 5.26 Å². The molecule has 0 spiro atoms. The largest absolute Gasteiger partial charge is 0.487 e. The van der Waals surface area contributed by atoms with Gasteiger partial charge in [-0.05, 0) is 30.3 Å². The lowest BCUT2D eigenvalue weighted by molar-refractivity contribution is 0.306. The Balaban J connectivity index is 2.17. The van der Waals surface area contributed by atoms with Crippen LogP contribution in [-0.2, 0) is 6.61 Å². The van der Waals surface area contributed by atoms with Crippen molar-refractivity contribution < 1.29 is 4.74 Å². The molecular formula is C14H11ClN2O. The number of nitrogens with two attached hydrogens (primary N) is 1. The first-order valence-corrected chi connectivity index (χ1v) is 5.74. The number of benzene rings is 2. The van der Waals surface area contributed by atoms with E-state index in [1.54, 1.807) is 36.4 Å². The highest BCUT2D eigenvalue weighted by atomic mass is 35.5. The Kier molecular flexibility index (Phi) is 3.71. The van der Waals surface area contributed by atoms with Crippen LogP contribution in [0.3, 0.4) is 0 Å². The van der Waals surface area contributed by atoms with Gasteiger partial charge < -0.3 is 10.5 Å². The SMILES string of the molecule is N#Cc1ccccc1OCc1cc(Cl)ccc1N. The first kappa shape index (κ1) is 12.3. The molecule has 0 fully saturated rings. The number of ether oxygens (including phenoxy) is 1. The van der Waals surface area contributed by atoms with Gasteiger partial charge in [0.25, 0.3) is 0 Å². The van der Waals surface area contributed by atoms with E-state index in [9.17, 15) is 0 Å². The summed E-state index contributed by atoms with van der Waals surface area (Å²) >= 11 is 5.89. The molecule has 4 heteroatoms. The summed E-state index contributed by atoms with van der Waals surface area (Å²) in [6.07, 6.45) is 0. The highest BCUT2D eigenvalue weighted by Gasteiger charge is 2.05. The third-order valence-corrected chi connectivity index (χ3v) is 2.73. The molecule has 0 bridgehead atoms. The van der Waals surface area contributed by atoms with Gasteiger partial charge in [-0.25, -0.2) is 0 Å². The predicted molar refractivity (Wildman–Crippen MR) is 71.4 cm³/mol. The van der Waals surface area contributed by atoms with Crippen LogP contribution in [0.25, 0.3) is 0 Å². The van der Waals surface area contributed by atoms with Gasteiger partial charge in [0.05, 0.1) is 5.56 Å². The van der Waals surface area contributed by atoms with Crippen LogP contribution in [0.2, 0.25) is 5.02 Å². The summed E-state index contributed by atoms with van der Waals surface area (Å²) < 4.78 is 5.59. The highest BCUT2D eigenvalue weighted by molar-refractivity contribution is 6.30. The van der Waals surface area contributed by atoms with Gasteiger partial charge in [0.2, 0.25) is 0 Å². The number of hydrogen-bond acceptors (Lipinski definition) is 3. The molecule has 0 aliphatic carbocycles. The Morgan fingerprint density at radius 1 is 1.22 bits per heavy atom. The molecule has 90 valence electrons. The number of nitriles is 1. The topological polar surface area (TPSA) is 59.0 Å². The zero-order valence-electron chi connectivity index (χ0n) is 9.56. The lowest BCUT2D eigenvalue weighted by Crippen LogP contribution is -2.01. The Morgan fingerprint density at radius 2 is 2.00 bits per heavy atom. The molecule has 0 saturated heterocycles. The summed E-state index contributed by atoms with van der Waals surface area (Å²) in [7, 11) is 0. The lowest BCUT2D eigenvalue weighted by atomic mass is 10.2. The van der Waals surface area contributed by atoms with E-state index >= 15 is 0 Å². The Labute approximate surface area is 110 Å². The van der Waals surface area contributed by atoms with E-state index in [1.165, 1.54) is 0 Å². The van der Waals surface area contributed by atoms with E-state index in [0.29, 0.717) is 22.0 Å². The molecule has 0 aromatic heterocycles.